The molecule has 0 aromatic heterocycles. The van der Waals surface area contributed by atoms with Crippen LogP contribution in [-0.2, 0) is 24.3 Å². The van der Waals surface area contributed by atoms with E-state index in [0.717, 1.165) is 13.1 Å². The van der Waals surface area contributed by atoms with Crippen molar-refractivity contribution >= 4 is 45.1 Å². The first-order valence-electron chi connectivity index (χ1n) is 15.0. The number of methoxy groups -OCH3 is 1. The lowest BCUT2D eigenvalue weighted by Gasteiger charge is -2.42. The maximum atomic E-state index is 14.0. The molecule has 2 aromatic carbocycles. The van der Waals surface area contributed by atoms with E-state index in [1.807, 2.05) is 11.0 Å². The number of carboxylic acid groups (broad SMARTS) is 1. The van der Waals surface area contributed by atoms with Gasteiger partial charge in [0.05, 0.1) is 52.9 Å². The Kier molecular flexibility index (Phi) is 12.0. The van der Waals surface area contributed by atoms with Gasteiger partial charge in [0, 0.05) is 19.6 Å². The summed E-state index contributed by atoms with van der Waals surface area (Å²) < 4.78 is 72.1. The van der Waals surface area contributed by atoms with Crippen LogP contribution in [-0.4, -0.2) is 101 Å². The van der Waals surface area contributed by atoms with Crippen molar-refractivity contribution in [2.75, 3.05) is 57.3 Å². The van der Waals surface area contributed by atoms with Crippen molar-refractivity contribution in [2.45, 2.75) is 36.4 Å². The molecule has 0 saturated carbocycles. The summed E-state index contributed by atoms with van der Waals surface area (Å²) in [4.78, 5) is 37.8. The largest absolute Gasteiger partial charge is 0.497 e. The van der Waals surface area contributed by atoms with Crippen LogP contribution in [0.2, 0.25) is 5.02 Å². The third-order valence-corrected chi connectivity index (χ3v) is 10.4. The van der Waals surface area contributed by atoms with Gasteiger partial charge in [0.1, 0.15) is 5.75 Å². The quantitative estimate of drug-likeness (QED) is 0.397. The third kappa shape index (κ3) is 8.78. The van der Waals surface area contributed by atoms with Crippen molar-refractivity contribution in [3.05, 3.63) is 65.2 Å². The number of benzene rings is 2. The maximum Gasteiger partial charge on any atom is 0.490 e. The highest BCUT2D eigenvalue weighted by Crippen LogP contribution is 2.36. The van der Waals surface area contributed by atoms with Crippen LogP contribution in [0.15, 0.2) is 59.5 Å². The number of sulfonamides is 1. The Hall–Kier alpha value is -3.86. The fraction of sp³-hybridized carbons (Fsp3) is 0.452. The molecule has 0 aliphatic carbocycles. The highest BCUT2D eigenvalue weighted by atomic mass is 35.5. The first-order chi connectivity index (χ1) is 22.7. The van der Waals surface area contributed by atoms with Crippen LogP contribution in [0.3, 0.4) is 0 Å². The molecule has 48 heavy (non-hydrogen) atoms. The number of ether oxygens (including phenoxy) is 2. The first-order valence-corrected chi connectivity index (χ1v) is 16.8. The topological polar surface area (TPSA) is 155 Å². The number of rotatable bonds is 2. The molecule has 2 amide bonds. The van der Waals surface area contributed by atoms with E-state index < -0.39 is 39.6 Å². The predicted octanol–water partition coefficient (Wildman–Crippen LogP) is 3.46. The summed E-state index contributed by atoms with van der Waals surface area (Å²) in [7, 11) is -2.57. The Balaban J connectivity index is 0.000000671. The highest BCUT2D eigenvalue weighted by molar-refractivity contribution is 7.92. The van der Waals surface area contributed by atoms with Gasteiger partial charge in [-0.3, -0.25) is 13.9 Å². The Morgan fingerprint density at radius 1 is 1.10 bits per heavy atom. The number of fused-ring (bicyclic) bond motifs is 4. The molecule has 3 N–H and O–H groups in total. The molecule has 262 valence electrons. The molecule has 3 heterocycles. The summed E-state index contributed by atoms with van der Waals surface area (Å²) >= 11 is 6.35. The third-order valence-electron chi connectivity index (χ3n) is 8.25. The van der Waals surface area contributed by atoms with Crippen molar-refractivity contribution in [1.29, 1.82) is 0 Å². The molecule has 3 aliphatic heterocycles. The summed E-state index contributed by atoms with van der Waals surface area (Å²) in [5.41, 5.74) is -0.121. The van der Waals surface area contributed by atoms with Gasteiger partial charge < -0.3 is 30.1 Å². The number of aliphatic carboxylic acids is 1. The van der Waals surface area contributed by atoms with Gasteiger partial charge in [-0.2, -0.15) is 13.2 Å². The zero-order valence-electron chi connectivity index (χ0n) is 26.0. The zero-order valence-corrected chi connectivity index (χ0v) is 27.5. The molecule has 3 aliphatic rings. The number of carboxylic acids is 1. The number of amides is 2. The van der Waals surface area contributed by atoms with Crippen LogP contribution in [0, 0.1) is 5.41 Å². The van der Waals surface area contributed by atoms with Gasteiger partial charge in [-0.15, -0.1) is 0 Å². The van der Waals surface area contributed by atoms with Crippen LogP contribution in [0.25, 0.3) is 0 Å². The van der Waals surface area contributed by atoms with Crippen LogP contribution in [0.5, 0.6) is 5.75 Å². The number of hydrogen-bond acceptors (Lipinski definition) is 8. The van der Waals surface area contributed by atoms with Crippen LogP contribution in [0.4, 0.5) is 18.9 Å². The number of morpholine rings is 1. The number of hydrogen-bond donors (Lipinski definition) is 3. The molecule has 1 spiro atoms. The van der Waals surface area contributed by atoms with Crippen LogP contribution in [0.1, 0.15) is 29.6 Å². The molecule has 4 bridgehead atoms. The minimum absolute atomic E-state index is 0.0287. The van der Waals surface area contributed by atoms with E-state index in [0.29, 0.717) is 50.4 Å². The molecule has 5 rings (SSSR count). The standard InChI is InChI=1S/C29H35ClN4O6S.C2HF3O2/c1-39-22-6-4-21(5-7-22)34-15-3-2-10-29(11-13-31-14-12-29)28(36)33-16-17-40-23(20-33)19-32-27(35)25-18-24(41(34,37)38)8-9-26(25)30;3-2(4,5)1(6)7/h2-9,18,23,31H,10-17,19-20H2,1H3,(H,32,35);(H,6,7)/b3-2+;. The number of carbonyl (C=O) groups is 3. The van der Waals surface area contributed by atoms with Gasteiger partial charge in [0.25, 0.3) is 15.9 Å². The SMILES string of the molecule is COc1ccc(N2C/C=C/CC3(CCNCC3)C(=O)N3CCOC(CNC(=O)c4cc(ccc4Cl)S2(=O)=O)C3)cc1.O=C(O)C(F)(F)F. The van der Waals surface area contributed by atoms with Gasteiger partial charge >= 0.3 is 12.1 Å². The van der Waals surface area contributed by atoms with Gasteiger partial charge in [-0.05, 0) is 74.8 Å². The summed E-state index contributed by atoms with van der Waals surface area (Å²) in [6.45, 7) is 2.87. The normalized spacial score (nSPS) is 22.1. The number of allylic oxidation sites excluding steroid dienone is 1. The number of nitrogens with one attached hydrogen (secondary N) is 2. The van der Waals surface area contributed by atoms with Gasteiger partial charge in [-0.1, -0.05) is 23.8 Å². The van der Waals surface area contributed by atoms with E-state index in [1.165, 1.54) is 29.6 Å². The smallest absolute Gasteiger partial charge is 0.490 e. The van der Waals surface area contributed by atoms with E-state index in [9.17, 15) is 31.2 Å². The second-order valence-electron chi connectivity index (χ2n) is 11.3. The summed E-state index contributed by atoms with van der Waals surface area (Å²) in [5, 5.41) is 13.4. The molecule has 2 fully saturated rings. The molecule has 2 aromatic rings. The summed E-state index contributed by atoms with van der Waals surface area (Å²) in [6.07, 6.45) is 0.0949. The molecule has 0 radical (unpaired) electrons. The Morgan fingerprint density at radius 2 is 1.77 bits per heavy atom. The Bertz CT molecular complexity index is 1620. The fourth-order valence-corrected chi connectivity index (χ4v) is 7.26. The molecular weight excluding hydrogens is 681 g/mol. The van der Waals surface area contributed by atoms with E-state index in [4.69, 9.17) is 31.0 Å². The number of carbonyl (C=O) groups excluding carboxylic acids is 2. The van der Waals surface area contributed by atoms with Gasteiger partial charge in [-0.25, -0.2) is 13.2 Å². The molecule has 12 nitrogen and oxygen atoms in total. The van der Waals surface area contributed by atoms with Crippen LogP contribution < -0.4 is 19.7 Å². The minimum atomic E-state index is -5.08. The van der Waals surface area contributed by atoms with Crippen molar-refractivity contribution in [1.82, 2.24) is 15.5 Å². The summed E-state index contributed by atoms with van der Waals surface area (Å²) in [6, 6.07) is 10.8. The number of halogens is 4. The van der Waals surface area contributed by atoms with Crippen LogP contribution >= 0.6 is 11.6 Å². The van der Waals surface area contributed by atoms with Crippen molar-refractivity contribution in [2.24, 2.45) is 5.41 Å². The lowest BCUT2D eigenvalue weighted by molar-refractivity contribution is -0.192. The van der Waals surface area contributed by atoms with Gasteiger partial charge in [0.2, 0.25) is 5.91 Å². The molecule has 1 atom stereocenters. The van der Waals surface area contributed by atoms with E-state index in [-0.39, 0.29) is 34.5 Å². The molecule has 1 unspecified atom stereocenters. The van der Waals surface area contributed by atoms with E-state index in [2.05, 4.69) is 10.6 Å². The van der Waals surface area contributed by atoms with E-state index >= 15 is 0 Å². The predicted molar refractivity (Wildman–Crippen MR) is 170 cm³/mol. The summed E-state index contributed by atoms with van der Waals surface area (Å²) in [5.74, 6) is -2.61. The zero-order chi connectivity index (χ0) is 35.1. The maximum absolute atomic E-state index is 14.0. The highest BCUT2D eigenvalue weighted by Gasteiger charge is 2.42. The average molecular weight is 717 g/mol. The fourth-order valence-electron chi connectivity index (χ4n) is 5.61. The van der Waals surface area contributed by atoms with Gasteiger partial charge in [0.15, 0.2) is 0 Å². The number of alkyl halides is 3. The number of anilines is 1. The first kappa shape index (κ1) is 37.0. The lowest BCUT2D eigenvalue weighted by atomic mass is 9.74. The van der Waals surface area contributed by atoms with Crippen molar-refractivity contribution in [3.63, 3.8) is 0 Å². The monoisotopic (exact) mass is 716 g/mol. The molecule has 17 heteroatoms. The Labute approximate surface area is 280 Å². The minimum Gasteiger partial charge on any atom is -0.497 e. The van der Waals surface area contributed by atoms with Crippen molar-refractivity contribution in [3.8, 4) is 5.75 Å². The van der Waals surface area contributed by atoms with E-state index in [1.54, 1.807) is 30.3 Å². The molecule has 2 saturated heterocycles. The second kappa shape index (κ2) is 15.6. The number of nitrogens with zero attached hydrogens (tertiary/aromatic N) is 2. The second-order valence-corrected chi connectivity index (χ2v) is 13.6. The van der Waals surface area contributed by atoms with Crippen molar-refractivity contribution < 1.29 is 50.6 Å². The lowest BCUT2D eigenvalue weighted by Crippen LogP contribution is -2.55. The number of piperidine rings is 1. The average Bonchev–Trinajstić information content (AvgIpc) is 3.07. The Morgan fingerprint density at radius 3 is 2.40 bits per heavy atom. The molecular formula is C31H36ClF3N4O8S.